The number of sulfonamides is 1. The van der Waals surface area contributed by atoms with Crippen LogP contribution in [0.2, 0.25) is 0 Å². The monoisotopic (exact) mass is 519 g/mol. The van der Waals surface area contributed by atoms with Gasteiger partial charge in [0.15, 0.2) is 0 Å². The van der Waals surface area contributed by atoms with Gasteiger partial charge in [0.05, 0.1) is 18.1 Å². The van der Waals surface area contributed by atoms with Gasteiger partial charge in [-0.15, -0.1) is 0 Å². The van der Waals surface area contributed by atoms with Crippen molar-refractivity contribution in [3.63, 3.8) is 0 Å². The molecule has 0 radical (unpaired) electrons. The topological polar surface area (TPSA) is 89.2 Å². The molecule has 3 heterocycles. The van der Waals surface area contributed by atoms with Gasteiger partial charge in [-0.1, -0.05) is 11.3 Å². The lowest BCUT2D eigenvalue weighted by Crippen LogP contribution is -2.15. The van der Waals surface area contributed by atoms with E-state index < -0.39 is 26.6 Å². The van der Waals surface area contributed by atoms with E-state index >= 15 is 0 Å². The van der Waals surface area contributed by atoms with Crippen molar-refractivity contribution in [3.8, 4) is 10.6 Å². The zero-order valence-electron chi connectivity index (χ0n) is 13.1. The summed E-state index contributed by atoms with van der Waals surface area (Å²) in [4.78, 5) is 8.25. The molecule has 138 valence electrons. The minimum atomic E-state index is -4.25. The molecule has 1 N–H and O–H groups in total. The van der Waals surface area contributed by atoms with Crippen molar-refractivity contribution in [2.45, 2.75) is 4.90 Å². The number of hydrogen-bond acceptors (Lipinski definition) is 6. The molecule has 1 aromatic carbocycles. The number of hydrogen-bond donors (Lipinski definition) is 1. The summed E-state index contributed by atoms with van der Waals surface area (Å²) in [6.07, 6.45) is 4.50. The van der Waals surface area contributed by atoms with Crippen molar-refractivity contribution >= 4 is 54.6 Å². The Labute approximate surface area is 169 Å². The number of halogens is 3. The van der Waals surface area contributed by atoms with Crippen LogP contribution in [0.3, 0.4) is 0 Å². The number of nitrogens with one attached hydrogen (secondary N) is 1. The summed E-state index contributed by atoms with van der Waals surface area (Å²) in [5, 5.41) is 5.00. The van der Waals surface area contributed by atoms with Crippen LogP contribution >= 0.6 is 33.9 Å². The second kappa shape index (κ2) is 6.76. The second-order valence-electron chi connectivity index (χ2n) is 5.33. The summed E-state index contributed by atoms with van der Waals surface area (Å²) in [7, 11) is -4.25. The molecule has 0 spiro atoms. The number of imidazole rings is 1. The first kappa shape index (κ1) is 18.2. The Bertz CT molecular complexity index is 1270. The maximum Gasteiger partial charge on any atom is 0.264 e. The number of fused-ring (bicyclic) bond motifs is 1. The van der Waals surface area contributed by atoms with Gasteiger partial charge in [-0.3, -0.25) is 9.71 Å². The minimum absolute atomic E-state index is 0.124. The Morgan fingerprint density at radius 3 is 2.70 bits per heavy atom. The summed E-state index contributed by atoms with van der Waals surface area (Å²) in [5.74, 6) is -2.04. The highest BCUT2D eigenvalue weighted by Crippen LogP contribution is 2.28. The van der Waals surface area contributed by atoms with E-state index in [9.17, 15) is 17.2 Å². The Morgan fingerprint density at radius 2 is 1.96 bits per heavy atom. The van der Waals surface area contributed by atoms with Crippen LogP contribution in [0.1, 0.15) is 0 Å². The smallest absolute Gasteiger partial charge is 0.264 e. The first-order valence-electron chi connectivity index (χ1n) is 7.27. The third-order valence-corrected chi connectivity index (χ3v) is 6.59. The van der Waals surface area contributed by atoms with Gasteiger partial charge in [0.25, 0.3) is 10.0 Å². The van der Waals surface area contributed by atoms with E-state index in [0.717, 1.165) is 15.8 Å². The summed E-state index contributed by atoms with van der Waals surface area (Å²) in [5.41, 5.74) is 0.694. The van der Waals surface area contributed by atoms with E-state index in [1.165, 1.54) is 29.8 Å². The quantitative estimate of drug-likeness (QED) is 0.417. The van der Waals surface area contributed by atoms with Gasteiger partial charge in [0.2, 0.25) is 4.96 Å². The zero-order chi connectivity index (χ0) is 19.2. The van der Waals surface area contributed by atoms with Crippen molar-refractivity contribution in [2.75, 3.05) is 4.72 Å². The minimum Gasteiger partial charge on any atom is -0.278 e. The van der Waals surface area contributed by atoms with E-state index in [2.05, 4.69) is 42.4 Å². The predicted molar refractivity (Wildman–Crippen MR) is 104 cm³/mol. The molecule has 0 aliphatic carbocycles. The van der Waals surface area contributed by atoms with Crippen molar-refractivity contribution in [1.29, 1.82) is 0 Å². The normalized spacial score (nSPS) is 11.8. The number of benzene rings is 1. The molecule has 0 aliphatic heterocycles. The first-order valence-corrected chi connectivity index (χ1v) is 10.6. The van der Waals surface area contributed by atoms with E-state index in [4.69, 9.17) is 0 Å². The highest BCUT2D eigenvalue weighted by molar-refractivity contribution is 14.1. The van der Waals surface area contributed by atoms with Gasteiger partial charge >= 0.3 is 0 Å². The van der Waals surface area contributed by atoms with Crippen LogP contribution in [0.15, 0.2) is 47.8 Å². The van der Waals surface area contributed by atoms with Crippen molar-refractivity contribution < 1.29 is 17.2 Å². The molecule has 12 heteroatoms. The van der Waals surface area contributed by atoms with Crippen molar-refractivity contribution in [2.24, 2.45) is 0 Å². The maximum atomic E-state index is 13.8. The van der Waals surface area contributed by atoms with E-state index in [-0.39, 0.29) is 5.69 Å². The maximum absolute atomic E-state index is 13.8. The fraction of sp³-hybridized carbons (Fsp3) is 0. The molecule has 0 bridgehead atoms. The average molecular weight is 519 g/mol. The van der Waals surface area contributed by atoms with E-state index in [1.807, 2.05) is 0 Å². The number of pyridine rings is 1. The molecule has 27 heavy (non-hydrogen) atoms. The van der Waals surface area contributed by atoms with Gasteiger partial charge < -0.3 is 0 Å². The third kappa shape index (κ3) is 3.51. The van der Waals surface area contributed by atoms with Gasteiger partial charge in [0.1, 0.15) is 25.2 Å². The van der Waals surface area contributed by atoms with Crippen LogP contribution in [-0.4, -0.2) is 28.0 Å². The summed E-state index contributed by atoms with van der Waals surface area (Å²) < 4.78 is 56.4. The molecule has 4 rings (SSSR count). The molecule has 0 atom stereocenters. The largest absolute Gasteiger partial charge is 0.278 e. The van der Waals surface area contributed by atoms with Crippen molar-refractivity contribution in [3.05, 3.63) is 58.2 Å². The Balaban J connectivity index is 1.68. The molecule has 0 fully saturated rings. The molecule has 7 nitrogen and oxygen atoms in total. The summed E-state index contributed by atoms with van der Waals surface area (Å²) in [6, 6.07) is 3.77. The zero-order valence-corrected chi connectivity index (χ0v) is 16.9. The highest BCUT2D eigenvalue weighted by atomic mass is 127. The van der Waals surface area contributed by atoms with Crippen LogP contribution in [0.5, 0.6) is 0 Å². The molecule has 0 saturated carbocycles. The second-order valence-corrected chi connectivity index (χ2v) is 9.04. The van der Waals surface area contributed by atoms with E-state index in [1.54, 1.807) is 10.7 Å². The number of anilines is 1. The summed E-state index contributed by atoms with van der Waals surface area (Å²) in [6.45, 7) is 0. The van der Waals surface area contributed by atoms with Crippen LogP contribution < -0.4 is 4.72 Å². The van der Waals surface area contributed by atoms with Crippen molar-refractivity contribution in [1.82, 2.24) is 19.6 Å². The molecule has 0 saturated heterocycles. The van der Waals surface area contributed by atoms with Crippen LogP contribution in [-0.2, 0) is 10.0 Å². The molecule has 0 amide bonds. The Kier molecular flexibility index (Phi) is 4.55. The van der Waals surface area contributed by atoms with Crippen LogP contribution in [0, 0.1) is 15.3 Å². The van der Waals surface area contributed by atoms with Crippen LogP contribution in [0.25, 0.3) is 15.5 Å². The van der Waals surface area contributed by atoms with E-state index in [0.29, 0.717) is 21.6 Å². The lowest BCUT2D eigenvalue weighted by molar-refractivity contribution is 0.551. The molecule has 4 aromatic rings. The van der Waals surface area contributed by atoms with Crippen LogP contribution in [0.4, 0.5) is 14.5 Å². The lowest BCUT2D eigenvalue weighted by Gasteiger charge is -2.09. The number of aromatic nitrogens is 4. The Morgan fingerprint density at radius 1 is 1.15 bits per heavy atom. The van der Waals surface area contributed by atoms with Gasteiger partial charge in [-0.2, -0.15) is 9.61 Å². The molecule has 0 unspecified atom stereocenters. The average Bonchev–Trinajstić information content (AvgIpc) is 3.17. The standard InChI is InChI=1S/C15H8F2IN5O2S2/c16-9-1-2-12(11(17)4-9)27(24,25)22-10-3-8(5-19-6-10)14-21-23-13(18)7-20-15(23)26-14/h1-7,22H. The SMILES string of the molecule is O=S(=O)(Nc1cncc(-c2nn3c(I)cnc3s2)c1)c1ccc(F)cc1F. The lowest BCUT2D eigenvalue weighted by atomic mass is 10.3. The van der Waals surface area contributed by atoms with Gasteiger partial charge in [-0.25, -0.2) is 22.2 Å². The third-order valence-electron chi connectivity index (χ3n) is 3.46. The molecular formula is C15H8F2IN5O2S2. The number of nitrogens with zero attached hydrogens (tertiary/aromatic N) is 4. The molecular weight excluding hydrogens is 511 g/mol. The van der Waals surface area contributed by atoms with Gasteiger partial charge in [-0.05, 0) is 40.8 Å². The first-order chi connectivity index (χ1) is 12.8. The summed E-state index contributed by atoms with van der Waals surface area (Å²) >= 11 is 3.41. The fourth-order valence-corrected chi connectivity index (χ4v) is 4.89. The fourth-order valence-electron chi connectivity index (χ4n) is 2.30. The molecule has 0 aliphatic rings. The highest BCUT2D eigenvalue weighted by Gasteiger charge is 2.20. The van der Waals surface area contributed by atoms with Gasteiger partial charge in [0, 0.05) is 17.8 Å². The predicted octanol–water partition coefficient (Wildman–Crippen LogP) is 3.54. The Hall–Kier alpha value is -2.19. The number of rotatable bonds is 4. The molecule has 3 aromatic heterocycles.